The number of carbonyl (C=O) groups is 1. The Bertz CT molecular complexity index is 250. The Labute approximate surface area is 105 Å². The predicted molar refractivity (Wildman–Crippen MR) is 69.0 cm³/mol. The van der Waals surface area contributed by atoms with Gasteiger partial charge in [-0.15, -0.1) is 0 Å². The molecule has 0 radical (unpaired) electrons. The zero-order valence-corrected chi connectivity index (χ0v) is 11.6. The van der Waals surface area contributed by atoms with Gasteiger partial charge in [0.25, 0.3) is 0 Å². The average molecular weight is 242 g/mol. The molecular weight excluding hydrogens is 216 g/mol. The van der Waals surface area contributed by atoms with Crippen LogP contribution in [0.25, 0.3) is 0 Å². The fourth-order valence-corrected chi connectivity index (χ4v) is 2.63. The number of carbonyl (C=O) groups excluding carboxylic acids is 1. The lowest BCUT2D eigenvalue weighted by Crippen LogP contribution is -2.56. The molecule has 4 nitrogen and oxygen atoms in total. The SMILES string of the molecule is CCCC1(C(=O)N(C)C(C)COC)CCCN1. The van der Waals surface area contributed by atoms with Gasteiger partial charge in [-0.25, -0.2) is 0 Å². The molecule has 1 aliphatic heterocycles. The molecule has 1 amide bonds. The van der Waals surface area contributed by atoms with E-state index in [-0.39, 0.29) is 17.5 Å². The van der Waals surface area contributed by atoms with E-state index < -0.39 is 0 Å². The van der Waals surface area contributed by atoms with Crippen molar-refractivity contribution in [1.82, 2.24) is 10.2 Å². The fraction of sp³-hybridized carbons (Fsp3) is 0.923. The second-order valence-corrected chi connectivity index (χ2v) is 5.08. The third-order valence-corrected chi connectivity index (χ3v) is 3.72. The summed E-state index contributed by atoms with van der Waals surface area (Å²) in [7, 11) is 3.55. The van der Waals surface area contributed by atoms with Gasteiger partial charge in [-0.3, -0.25) is 4.79 Å². The van der Waals surface area contributed by atoms with E-state index in [1.54, 1.807) is 7.11 Å². The third kappa shape index (κ3) is 3.19. The van der Waals surface area contributed by atoms with Crippen LogP contribution in [-0.4, -0.2) is 49.7 Å². The molecule has 0 aromatic carbocycles. The maximum Gasteiger partial charge on any atom is 0.242 e. The zero-order valence-electron chi connectivity index (χ0n) is 11.6. The van der Waals surface area contributed by atoms with Crippen molar-refractivity contribution in [3.63, 3.8) is 0 Å². The molecule has 1 fully saturated rings. The Morgan fingerprint density at radius 3 is 2.76 bits per heavy atom. The quantitative estimate of drug-likeness (QED) is 0.765. The minimum absolute atomic E-state index is 0.128. The van der Waals surface area contributed by atoms with Crippen molar-refractivity contribution < 1.29 is 9.53 Å². The average Bonchev–Trinajstić information content (AvgIpc) is 2.77. The Kier molecular flexibility index (Phi) is 5.40. The monoisotopic (exact) mass is 242 g/mol. The van der Waals surface area contributed by atoms with Crippen LogP contribution in [0.3, 0.4) is 0 Å². The number of nitrogens with one attached hydrogen (secondary N) is 1. The topological polar surface area (TPSA) is 41.6 Å². The number of nitrogens with zero attached hydrogens (tertiary/aromatic N) is 1. The third-order valence-electron chi connectivity index (χ3n) is 3.72. The van der Waals surface area contributed by atoms with Crippen molar-refractivity contribution in [3.05, 3.63) is 0 Å². The van der Waals surface area contributed by atoms with Gasteiger partial charge < -0.3 is 15.0 Å². The number of rotatable bonds is 6. The van der Waals surface area contributed by atoms with Crippen molar-refractivity contribution in [2.75, 3.05) is 27.3 Å². The van der Waals surface area contributed by atoms with Crippen LogP contribution < -0.4 is 5.32 Å². The fourth-order valence-electron chi connectivity index (χ4n) is 2.63. The number of hydrogen-bond acceptors (Lipinski definition) is 3. The number of methoxy groups -OCH3 is 1. The van der Waals surface area contributed by atoms with Crippen molar-refractivity contribution in [1.29, 1.82) is 0 Å². The van der Waals surface area contributed by atoms with Crippen LogP contribution in [0.15, 0.2) is 0 Å². The highest BCUT2D eigenvalue weighted by Gasteiger charge is 2.42. The zero-order chi connectivity index (χ0) is 12.9. The summed E-state index contributed by atoms with van der Waals surface area (Å²) in [4.78, 5) is 14.4. The summed E-state index contributed by atoms with van der Waals surface area (Å²) in [5, 5.41) is 3.42. The molecule has 1 N–H and O–H groups in total. The van der Waals surface area contributed by atoms with Crippen LogP contribution in [0.1, 0.15) is 39.5 Å². The van der Waals surface area contributed by atoms with Gasteiger partial charge in [0.2, 0.25) is 5.91 Å². The summed E-state index contributed by atoms with van der Waals surface area (Å²) in [6.45, 7) is 5.70. The Hall–Kier alpha value is -0.610. The largest absolute Gasteiger partial charge is 0.383 e. The van der Waals surface area contributed by atoms with E-state index in [1.165, 1.54) is 0 Å². The maximum atomic E-state index is 12.6. The van der Waals surface area contributed by atoms with Gasteiger partial charge in [0.05, 0.1) is 18.2 Å². The number of amides is 1. The van der Waals surface area contributed by atoms with E-state index in [9.17, 15) is 4.79 Å². The molecule has 0 saturated carbocycles. The first-order valence-electron chi connectivity index (χ1n) is 6.58. The summed E-state index contributed by atoms with van der Waals surface area (Å²) in [6, 6.07) is 0.128. The first-order chi connectivity index (χ1) is 8.07. The normalized spacial score (nSPS) is 25.9. The molecule has 1 rings (SSSR count). The van der Waals surface area contributed by atoms with Gasteiger partial charge in [-0.2, -0.15) is 0 Å². The highest BCUT2D eigenvalue weighted by molar-refractivity contribution is 5.86. The van der Waals surface area contributed by atoms with Gasteiger partial charge in [0.1, 0.15) is 0 Å². The summed E-state index contributed by atoms with van der Waals surface area (Å²) < 4.78 is 5.12. The van der Waals surface area contributed by atoms with E-state index in [0.29, 0.717) is 6.61 Å². The second-order valence-electron chi connectivity index (χ2n) is 5.08. The van der Waals surface area contributed by atoms with Gasteiger partial charge in [-0.1, -0.05) is 13.3 Å². The standard InChI is InChI=1S/C13H26N2O2/c1-5-7-13(8-6-9-14-13)12(16)15(3)11(2)10-17-4/h11,14H,5-10H2,1-4H3. The summed E-state index contributed by atoms with van der Waals surface area (Å²) >= 11 is 0. The molecule has 0 aromatic heterocycles. The molecule has 1 heterocycles. The lowest BCUT2D eigenvalue weighted by Gasteiger charge is -2.35. The van der Waals surface area contributed by atoms with Crippen molar-refractivity contribution in [2.24, 2.45) is 0 Å². The van der Waals surface area contributed by atoms with Gasteiger partial charge in [0, 0.05) is 14.2 Å². The molecule has 1 aliphatic rings. The first kappa shape index (κ1) is 14.5. The first-order valence-corrected chi connectivity index (χ1v) is 6.58. The van der Waals surface area contributed by atoms with Gasteiger partial charge in [0.15, 0.2) is 0 Å². The van der Waals surface area contributed by atoms with Gasteiger partial charge >= 0.3 is 0 Å². The second kappa shape index (κ2) is 6.36. The smallest absolute Gasteiger partial charge is 0.242 e. The number of likely N-dealkylation sites (N-methyl/N-ethyl adjacent to an activating group) is 1. The van der Waals surface area contributed by atoms with E-state index in [1.807, 2.05) is 18.9 Å². The van der Waals surface area contributed by atoms with Crippen LogP contribution in [0.5, 0.6) is 0 Å². The molecule has 100 valence electrons. The molecule has 0 aliphatic carbocycles. The lowest BCUT2D eigenvalue weighted by molar-refractivity contribution is -0.139. The summed E-state index contributed by atoms with van der Waals surface area (Å²) in [5.41, 5.74) is -0.314. The minimum Gasteiger partial charge on any atom is -0.383 e. The molecule has 1 saturated heterocycles. The van der Waals surface area contributed by atoms with E-state index in [4.69, 9.17) is 4.74 Å². The van der Waals surface area contributed by atoms with Crippen LogP contribution in [-0.2, 0) is 9.53 Å². The van der Waals surface area contributed by atoms with E-state index in [2.05, 4.69) is 12.2 Å². The van der Waals surface area contributed by atoms with Gasteiger partial charge in [-0.05, 0) is 32.7 Å². The minimum atomic E-state index is -0.314. The molecule has 4 heteroatoms. The Balaban J connectivity index is 2.70. The van der Waals surface area contributed by atoms with E-state index in [0.717, 1.165) is 32.2 Å². The Morgan fingerprint density at radius 1 is 1.59 bits per heavy atom. The van der Waals surface area contributed by atoms with Crippen LogP contribution in [0.2, 0.25) is 0 Å². The van der Waals surface area contributed by atoms with Crippen LogP contribution >= 0.6 is 0 Å². The lowest BCUT2D eigenvalue weighted by atomic mass is 9.90. The number of hydrogen-bond donors (Lipinski definition) is 1. The molecule has 2 atom stereocenters. The molecule has 17 heavy (non-hydrogen) atoms. The highest BCUT2D eigenvalue weighted by atomic mass is 16.5. The van der Waals surface area contributed by atoms with Crippen molar-refractivity contribution in [2.45, 2.75) is 51.1 Å². The van der Waals surface area contributed by atoms with E-state index >= 15 is 0 Å². The van der Waals surface area contributed by atoms with Crippen molar-refractivity contribution >= 4 is 5.91 Å². The van der Waals surface area contributed by atoms with Crippen LogP contribution in [0.4, 0.5) is 0 Å². The predicted octanol–water partition coefficient (Wildman–Crippen LogP) is 1.40. The number of ether oxygens (including phenoxy) is 1. The molecule has 0 spiro atoms. The maximum absolute atomic E-state index is 12.6. The summed E-state index contributed by atoms with van der Waals surface area (Å²) in [6.07, 6.45) is 4.02. The highest BCUT2D eigenvalue weighted by Crippen LogP contribution is 2.27. The molecule has 0 aromatic rings. The van der Waals surface area contributed by atoms with Crippen LogP contribution in [0, 0.1) is 0 Å². The molecule has 0 bridgehead atoms. The summed E-state index contributed by atoms with van der Waals surface area (Å²) in [5.74, 6) is 0.224. The van der Waals surface area contributed by atoms with Crippen molar-refractivity contribution in [3.8, 4) is 0 Å². The molecule has 2 unspecified atom stereocenters. The molecular formula is C13H26N2O2. The Morgan fingerprint density at radius 2 is 2.29 bits per heavy atom.